The molecule has 0 aliphatic carbocycles. The van der Waals surface area contributed by atoms with Crippen LogP contribution in [0.2, 0.25) is 0 Å². The minimum Gasteiger partial charge on any atom is -0.543 e. The van der Waals surface area contributed by atoms with Crippen molar-refractivity contribution in [2.75, 3.05) is 5.75 Å². The van der Waals surface area contributed by atoms with Gasteiger partial charge in [0.1, 0.15) is 11.4 Å². The third kappa shape index (κ3) is 2.13. The average Bonchev–Trinajstić information content (AvgIpc) is 3.01. The quantitative estimate of drug-likeness (QED) is 0.543. The number of aliphatic carboxylic acids is 1. The van der Waals surface area contributed by atoms with Crippen LogP contribution in [-0.4, -0.2) is 38.5 Å². The predicted octanol–water partition coefficient (Wildman–Crippen LogP) is -1.55. The maximum absolute atomic E-state index is 11.9. The third-order valence-electron chi connectivity index (χ3n) is 4.18. The maximum atomic E-state index is 11.9. The second-order valence-electron chi connectivity index (χ2n) is 5.62. The Bertz CT molecular complexity index is 815. The zero-order valence-corrected chi connectivity index (χ0v) is 12.9. The molecule has 0 aromatic heterocycles. The summed E-state index contributed by atoms with van der Waals surface area (Å²) in [5, 5.41) is 11.2. The molecule has 4 aliphatic rings. The number of carbonyl (C=O) groups is 2. The first kappa shape index (κ1) is 14.3. The van der Waals surface area contributed by atoms with Crippen molar-refractivity contribution in [3.8, 4) is 5.69 Å². The SMILES string of the molecule is NC1C(=O)N2C(C(=O)[O-])=C(Cn3cc[n+]4cccc-4c3)CS[C@H]12. The van der Waals surface area contributed by atoms with Gasteiger partial charge in [0.05, 0.1) is 24.1 Å². The van der Waals surface area contributed by atoms with E-state index >= 15 is 0 Å². The lowest BCUT2D eigenvalue weighted by Gasteiger charge is -2.49. The topological polar surface area (TPSA) is 95.3 Å². The van der Waals surface area contributed by atoms with E-state index in [0.29, 0.717) is 17.9 Å². The standard InChI is InChI=1S/C15H14N4O3S/c16-11-13(20)19-12(15(21)22)9(8-23-14(11)19)6-17-4-5-18-3-1-2-10(18)7-17/h1-5,7,11,14H,6,8,16H2/t11?,14-/m1/s1. The van der Waals surface area contributed by atoms with E-state index in [1.54, 1.807) is 0 Å². The molecule has 2 N–H and O–H groups in total. The molecular weight excluding hydrogens is 316 g/mol. The Morgan fingerprint density at radius 1 is 1.48 bits per heavy atom. The summed E-state index contributed by atoms with van der Waals surface area (Å²) >= 11 is 1.49. The smallest absolute Gasteiger partial charge is 0.248 e. The number of carboxylic acid groups (broad SMARTS) is 1. The number of nitrogens with two attached hydrogens (primary N) is 1. The van der Waals surface area contributed by atoms with Gasteiger partial charge >= 0.3 is 0 Å². The van der Waals surface area contributed by atoms with Gasteiger partial charge in [-0.25, -0.2) is 0 Å². The highest BCUT2D eigenvalue weighted by molar-refractivity contribution is 8.00. The molecule has 23 heavy (non-hydrogen) atoms. The van der Waals surface area contributed by atoms with E-state index in [1.165, 1.54) is 16.7 Å². The van der Waals surface area contributed by atoms with Gasteiger partial charge in [0.25, 0.3) is 0 Å². The number of aromatic nitrogens is 2. The summed E-state index contributed by atoms with van der Waals surface area (Å²) in [7, 11) is 0. The zero-order valence-electron chi connectivity index (χ0n) is 12.1. The van der Waals surface area contributed by atoms with Gasteiger partial charge in [-0.05, 0) is 5.57 Å². The lowest BCUT2D eigenvalue weighted by molar-refractivity contribution is -0.593. The van der Waals surface area contributed by atoms with Crippen LogP contribution in [0, 0.1) is 0 Å². The first-order chi connectivity index (χ1) is 11.1. The number of carbonyl (C=O) groups excluding carboxylic acids is 2. The zero-order chi connectivity index (χ0) is 16.1. The number of carboxylic acids is 1. The number of β-lactam (4-membered cyclic amide) rings is 1. The summed E-state index contributed by atoms with van der Waals surface area (Å²) in [6.07, 6.45) is 7.64. The van der Waals surface area contributed by atoms with Gasteiger partial charge in [0, 0.05) is 24.4 Å². The van der Waals surface area contributed by atoms with Crippen molar-refractivity contribution in [1.82, 2.24) is 9.47 Å². The van der Waals surface area contributed by atoms with Crippen LogP contribution in [0.5, 0.6) is 0 Å². The fourth-order valence-corrected chi connectivity index (χ4v) is 4.31. The monoisotopic (exact) mass is 330 g/mol. The van der Waals surface area contributed by atoms with Crippen LogP contribution in [-0.2, 0) is 16.1 Å². The summed E-state index contributed by atoms with van der Waals surface area (Å²) < 4.78 is 3.87. The van der Waals surface area contributed by atoms with Gasteiger partial charge in [0.2, 0.25) is 11.6 Å². The highest BCUT2D eigenvalue weighted by atomic mass is 32.2. The van der Waals surface area contributed by atoms with Gasteiger partial charge in [0.15, 0.2) is 12.4 Å². The molecule has 0 saturated carbocycles. The van der Waals surface area contributed by atoms with E-state index in [9.17, 15) is 14.7 Å². The second-order valence-corrected chi connectivity index (χ2v) is 6.72. The summed E-state index contributed by atoms with van der Waals surface area (Å²) in [5.74, 6) is -1.16. The van der Waals surface area contributed by atoms with Crippen LogP contribution < -0.4 is 15.4 Å². The van der Waals surface area contributed by atoms with E-state index in [1.807, 2.05) is 46.1 Å². The number of rotatable bonds is 3. The van der Waals surface area contributed by atoms with Gasteiger partial charge in [-0.1, -0.05) is 0 Å². The first-order valence-electron chi connectivity index (χ1n) is 7.15. The lowest BCUT2D eigenvalue weighted by atomic mass is 10.0. The average molecular weight is 330 g/mol. The van der Waals surface area contributed by atoms with Crippen molar-refractivity contribution in [2.24, 2.45) is 5.73 Å². The highest BCUT2D eigenvalue weighted by Crippen LogP contribution is 2.39. The molecule has 4 aliphatic heterocycles. The molecule has 0 aromatic carbocycles. The van der Waals surface area contributed by atoms with Crippen LogP contribution in [0.25, 0.3) is 5.69 Å². The number of hydrogen-bond donors (Lipinski definition) is 1. The van der Waals surface area contributed by atoms with Crippen LogP contribution in [0.15, 0.2) is 48.2 Å². The van der Waals surface area contributed by atoms with Crippen molar-refractivity contribution in [1.29, 1.82) is 0 Å². The lowest BCUT2D eigenvalue weighted by Crippen LogP contribution is -2.69. The van der Waals surface area contributed by atoms with Gasteiger partial charge in [-0.2, -0.15) is 4.57 Å². The molecular formula is C15H14N4O3S. The molecule has 1 unspecified atom stereocenters. The van der Waals surface area contributed by atoms with E-state index in [2.05, 4.69) is 0 Å². The Kier molecular flexibility index (Phi) is 3.17. The Morgan fingerprint density at radius 2 is 2.30 bits per heavy atom. The normalized spacial score (nSPS) is 23.9. The van der Waals surface area contributed by atoms with Crippen molar-refractivity contribution in [3.63, 3.8) is 0 Å². The predicted molar refractivity (Wildman–Crippen MR) is 80.3 cm³/mol. The molecule has 0 aromatic rings. The number of thioether (sulfide) groups is 1. The maximum Gasteiger partial charge on any atom is 0.248 e. The number of hydrogen-bond acceptors (Lipinski definition) is 5. The Labute approximate surface area is 136 Å². The van der Waals surface area contributed by atoms with E-state index in [0.717, 1.165) is 5.69 Å². The summed E-state index contributed by atoms with van der Waals surface area (Å²) in [4.78, 5) is 24.7. The Hall–Kier alpha value is -2.32. The van der Waals surface area contributed by atoms with E-state index < -0.39 is 12.0 Å². The molecule has 0 spiro atoms. The molecule has 4 rings (SSSR count). The van der Waals surface area contributed by atoms with Gasteiger partial charge in [-0.15, -0.1) is 11.8 Å². The van der Waals surface area contributed by atoms with Crippen molar-refractivity contribution < 1.29 is 19.3 Å². The summed E-state index contributed by atoms with van der Waals surface area (Å²) in [6, 6.07) is 3.28. The van der Waals surface area contributed by atoms with Gasteiger partial charge in [-0.3, -0.25) is 9.69 Å². The summed E-state index contributed by atoms with van der Waals surface area (Å²) in [6.45, 7) is 0.393. The molecule has 1 fully saturated rings. The molecule has 1 saturated heterocycles. The molecule has 0 radical (unpaired) electrons. The molecule has 4 heterocycles. The Morgan fingerprint density at radius 3 is 3.09 bits per heavy atom. The van der Waals surface area contributed by atoms with Crippen molar-refractivity contribution in [3.05, 3.63) is 48.2 Å². The fraction of sp³-hybridized carbons (Fsp3) is 0.267. The molecule has 0 bridgehead atoms. The highest BCUT2D eigenvalue weighted by Gasteiger charge is 2.50. The second kappa shape index (κ2) is 5.10. The van der Waals surface area contributed by atoms with Crippen LogP contribution in [0.4, 0.5) is 0 Å². The van der Waals surface area contributed by atoms with Crippen LogP contribution in [0.3, 0.4) is 0 Å². The molecule has 8 heteroatoms. The first-order valence-corrected chi connectivity index (χ1v) is 8.20. The molecule has 1 amide bonds. The number of fused-ring (bicyclic) bond motifs is 2. The number of amides is 1. The Balaban J connectivity index is 1.70. The largest absolute Gasteiger partial charge is 0.543 e. The minimum absolute atomic E-state index is 0.0248. The van der Waals surface area contributed by atoms with E-state index in [-0.39, 0.29) is 17.0 Å². The van der Waals surface area contributed by atoms with Crippen LogP contribution >= 0.6 is 11.8 Å². The third-order valence-corrected chi connectivity index (χ3v) is 5.54. The van der Waals surface area contributed by atoms with Crippen molar-refractivity contribution in [2.45, 2.75) is 18.0 Å². The van der Waals surface area contributed by atoms with Gasteiger partial charge < -0.3 is 20.2 Å². The minimum atomic E-state index is -1.32. The number of nitrogens with zero attached hydrogens (tertiary/aromatic N) is 3. The molecule has 2 atom stereocenters. The molecule has 118 valence electrons. The summed E-state index contributed by atoms with van der Waals surface area (Å²) in [5.41, 5.74) is 7.37. The van der Waals surface area contributed by atoms with E-state index in [4.69, 9.17) is 5.73 Å². The fourth-order valence-electron chi connectivity index (χ4n) is 3.03. The van der Waals surface area contributed by atoms with Crippen LogP contribution in [0.1, 0.15) is 0 Å². The molecule has 7 nitrogen and oxygen atoms in total. The van der Waals surface area contributed by atoms with Crippen molar-refractivity contribution >= 4 is 23.6 Å².